The van der Waals surface area contributed by atoms with Gasteiger partial charge in [0, 0.05) is 36.7 Å². The van der Waals surface area contributed by atoms with Gasteiger partial charge in [0.1, 0.15) is 5.82 Å². The number of H-pyrrole nitrogens is 1. The third-order valence-electron chi connectivity index (χ3n) is 5.23. The molecular weight excluding hydrogens is 388 g/mol. The Hall–Kier alpha value is -3.42. The molecule has 0 amide bonds. The molecule has 3 heterocycles. The fraction of sp³-hybridized carbons (Fsp3) is 0.391. The number of tetrazole rings is 1. The van der Waals surface area contributed by atoms with Crippen LogP contribution in [0.4, 0.5) is 0 Å². The summed E-state index contributed by atoms with van der Waals surface area (Å²) in [7, 11) is 0. The van der Waals surface area contributed by atoms with Gasteiger partial charge in [-0.1, -0.05) is 57.0 Å². The van der Waals surface area contributed by atoms with Gasteiger partial charge < -0.3 is 0 Å². The number of nitrogens with one attached hydrogen (secondary N) is 1. The molecule has 8 heteroatoms. The summed E-state index contributed by atoms with van der Waals surface area (Å²) < 4.78 is 2.08. The molecule has 0 bridgehead atoms. The van der Waals surface area contributed by atoms with Crippen LogP contribution in [-0.4, -0.2) is 40.4 Å². The Morgan fingerprint density at radius 2 is 1.84 bits per heavy atom. The maximum atomic E-state index is 4.80. The van der Waals surface area contributed by atoms with Crippen LogP contribution in [0, 0.1) is 0 Å². The van der Waals surface area contributed by atoms with Gasteiger partial charge >= 0.3 is 0 Å². The molecule has 0 aliphatic heterocycles. The maximum absolute atomic E-state index is 4.80. The van der Waals surface area contributed by atoms with Crippen LogP contribution in [0.1, 0.15) is 56.7 Å². The standard InChI is InChI=1S/C23H28N8/c1-3-5-8-14-31-22(25-21(28-31)9-4-2)15-17-12-13-20(24-16-17)18-10-6-7-11-19(18)23-26-29-30-27-23/h6-7,10-13,16H,3-5,8-9,14-15H2,1-2H3,(H,26,27,29,30). The predicted molar refractivity (Wildman–Crippen MR) is 119 cm³/mol. The summed E-state index contributed by atoms with van der Waals surface area (Å²) in [5.74, 6) is 2.58. The minimum absolute atomic E-state index is 0.630. The van der Waals surface area contributed by atoms with Gasteiger partial charge in [0.05, 0.1) is 5.69 Å². The highest BCUT2D eigenvalue weighted by molar-refractivity contribution is 5.78. The zero-order valence-electron chi connectivity index (χ0n) is 18.1. The number of rotatable bonds is 10. The highest BCUT2D eigenvalue weighted by Crippen LogP contribution is 2.28. The van der Waals surface area contributed by atoms with Crippen LogP contribution in [-0.2, 0) is 19.4 Å². The van der Waals surface area contributed by atoms with E-state index in [1.54, 1.807) is 0 Å². The summed E-state index contributed by atoms with van der Waals surface area (Å²) in [6, 6.07) is 12.1. The fourth-order valence-electron chi connectivity index (χ4n) is 3.63. The largest absolute Gasteiger partial charge is 0.256 e. The Bertz CT molecular complexity index is 1080. The van der Waals surface area contributed by atoms with E-state index >= 15 is 0 Å². The number of aromatic nitrogens is 8. The lowest BCUT2D eigenvalue weighted by molar-refractivity contribution is 0.530. The van der Waals surface area contributed by atoms with E-state index in [4.69, 9.17) is 15.1 Å². The van der Waals surface area contributed by atoms with Crippen LogP contribution in [0.25, 0.3) is 22.6 Å². The number of benzene rings is 1. The zero-order valence-corrected chi connectivity index (χ0v) is 18.1. The van der Waals surface area contributed by atoms with Crippen molar-refractivity contribution in [3.8, 4) is 22.6 Å². The smallest absolute Gasteiger partial charge is 0.180 e. The number of nitrogens with zero attached hydrogens (tertiary/aromatic N) is 7. The van der Waals surface area contributed by atoms with Gasteiger partial charge in [-0.3, -0.25) is 4.98 Å². The molecule has 4 rings (SSSR count). The Balaban J connectivity index is 1.55. The predicted octanol–water partition coefficient (Wildman–Crippen LogP) is 4.25. The summed E-state index contributed by atoms with van der Waals surface area (Å²) in [4.78, 5) is 9.52. The van der Waals surface area contributed by atoms with Gasteiger partial charge in [-0.2, -0.15) is 5.10 Å². The van der Waals surface area contributed by atoms with Crippen molar-refractivity contribution in [1.82, 2.24) is 40.4 Å². The van der Waals surface area contributed by atoms with E-state index in [9.17, 15) is 0 Å². The van der Waals surface area contributed by atoms with Crippen molar-refractivity contribution in [2.45, 2.75) is 58.9 Å². The average molecular weight is 417 g/mol. The van der Waals surface area contributed by atoms with Crippen LogP contribution in [0.2, 0.25) is 0 Å². The summed E-state index contributed by atoms with van der Waals surface area (Å²) in [5, 5.41) is 19.0. The number of unbranched alkanes of at least 4 members (excludes halogenated alkanes) is 2. The first kappa shape index (κ1) is 20.8. The molecule has 0 saturated heterocycles. The first-order valence-corrected chi connectivity index (χ1v) is 11.0. The SMILES string of the molecule is CCCCCn1nc(CCC)nc1Cc1ccc(-c2ccccc2-c2nnn[nH]2)nc1. The van der Waals surface area contributed by atoms with E-state index in [1.165, 1.54) is 12.8 Å². The van der Waals surface area contributed by atoms with Gasteiger partial charge in [-0.15, -0.1) is 5.10 Å². The Morgan fingerprint density at radius 3 is 2.55 bits per heavy atom. The summed E-state index contributed by atoms with van der Waals surface area (Å²) in [6.45, 7) is 5.30. The summed E-state index contributed by atoms with van der Waals surface area (Å²) in [5.41, 5.74) is 3.91. The van der Waals surface area contributed by atoms with Gasteiger partial charge in [-0.25, -0.2) is 14.8 Å². The van der Waals surface area contributed by atoms with E-state index in [0.29, 0.717) is 5.82 Å². The molecule has 0 fully saturated rings. The monoisotopic (exact) mass is 416 g/mol. The van der Waals surface area contributed by atoms with Crippen LogP contribution >= 0.6 is 0 Å². The van der Waals surface area contributed by atoms with E-state index in [2.05, 4.69) is 45.2 Å². The van der Waals surface area contributed by atoms with E-state index in [1.807, 2.05) is 36.5 Å². The summed E-state index contributed by atoms with van der Waals surface area (Å²) >= 11 is 0. The molecule has 31 heavy (non-hydrogen) atoms. The molecule has 0 aliphatic carbocycles. The second kappa shape index (κ2) is 10.1. The van der Waals surface area contributed by atoms with Crippen LogP contribution in [0.5, 0.6) is 0 Å². The van der Waals surface area contributed by atoms with Crippen molar-refractivity contribution in [2.24, 2.45) is 0 Å². The number of aromatic amines is 1. The molecule has 1 aromatic carbocycles. The van der Waals surface area contributed by atoms with Gasteiger partial charge in [0.15, 0.2) is 11.6 Å². The van der Waals surface area contributed by atoms with E-state index in [0.717, 1.165) is 66.3 Å². The molecule has 0 atom stereocenters. The van der Waals surface area contributed by atoms with Crippen LogP contribution in [0.15, 0.2) is 42.6 Å². The number of aryl methyl sites for hydroxylation is 2. The first-order chi connectivity index (χ1) is 15.3. The minimum Gasteiger partial charge on any atom is -0.256 e. The lowest BCUT2D eigenvalue weighted by Gasteiger charge is -2.08. The topological polar surface area (TPSA) is 98.1 Å². The van der Waals surface area contributed by atoms with Crippen molar-refractivity contribution in [3.63, 3.8) is 0 Å². The molecule has 0 spiro atoms. The third kappa shape index (κ3) is 5.02. The van der Waals surface area contributed by atoms with Gasteiger partial charge in [0.2, 0.25) is 0 Å². The Labute approximate surface area is 182 Å². The molecule has 160 valence electrons. The zero-order chi connectivity index (χ0) is 21.5. The molecule has 0 saturated carbocycles. The molecule has 0 unspecified atom stereocenters. The second-order valence-corrected chi connectivity index (χ2v) is 7.65. The molecule has 4 aromatic rings. The highest BCUT2D eigenvalue weighted by atomic mass is 15.5. The van der Waals surface area contributed by atoms with Crippen molar-refractivity contribution in [2.75, 3.05) is 0 Å². The number of hydrogen-bond acceptors (Lipinski definition) is 6. The molecule has 8 nitrogen and oxygen atoms in total. The highest BCUT2D eigenvalue weighted by Gasteiger charge is 2.13. The van der Waals surface area contributed by atoms with Crippen molar-refractivity contribution in [3.05, 3.63) is 59.8 Å². The van der Waals surface area contributed by atoms with Gasteiger partial charge in [0.25, 0.3) is 0 Å². The Kier molecular flexibility index (Phi) is 6.76. The fourth-order valence-corrected chi connectivity index (χ4v) is 3.63. The quantitative estimate of drug-likeness (QED) is 0.388. The maximum Gasteiger partial charge on any atom is 0.180 e. The average Bonchev–Trinajstić information content (AvgIpc) is 3.46. The molecule has 0 radical (unpaired) electrons. The lowest BCUT2D eigenvalue weighted by Crippen LogP contribution is -2.07. The second-order valence-electron chi connectivity index (χ2n) is 7.65. The van der Waals surface area contributed by atoms with E-state index in [-0.39, 0.29) is 0 Å². The third-order valence-corrected chi connectivity index (χ3v) is 5.23. The van der Waals surface area contributed by atoms with Crippen molar-refractivity contribution in [1.29, 1.82) is 0 Å². The molecule has 0 aliphatic rings. The van der Waals surface area contributed by atoms with Gasteiger partial charge in [-0.05, 0) is 34.9 Å². The Morgan fingerprint density at radius 1 is 0.968 bits per heavy atom. The van der Waals surface area contributed by atoms with E-state index < -0.39 is 0 Å². The molecule has 1 N–H and O–H groups in total. The summed E-state index contributed by atoms with van der Waals surface area (Å²) in [6.07, 6.45) is 8.15. The first-order valence-electron chi connectivity index (χ1n) is 11.0. The molecular formula is C23H28N8. The normalized spacial score (nSPS) is 11.2. The lowest BCUT2D eigenvalue weighted by atomic mass is 10.0. The molecule has 3 aromatic heterocycles. The van der Waals surface area contributed by atoms with Crippen molar-refractivity contribution < 1.29 is 0 Å². The number of pyridine rings is 1. The number of hydrogen-bond donors (Lipinski definition) is 1. The van der Waals surface area contributed by atoms with Crippen molar-refractivity contribution >= 4 is 0 Å². The van der Waals surface area contributed by atoms with Crippen LogP contribution < -0.4 is 0 Å². The van der Waals surface area contributed by atoms with Crippen LogP contribution in [0.3, 0.4) is 0 Å². The minimum atomic E-state index is 0.630.